The number of carbonyl (C=O) groups excluding carboxylic acids is 2. The average molecular weight is 337 g/mol. The van der Waals surface area contributed by atoms with Crippen molar-refractivity contribution >= 4 is 17.4 Å². The van der Waals surface area contributed by atoms with Gasteiger partial charge in [0, 0.05) is 11.1 Å². The van der Waals surface area contributed by atoms with Gasteiger partial charge in [0.1, 0.15) is 5.75 Å². The molecule has 0 bridgehead atoms. The van der Waals surface area contributed by atoms with E-state index in [2.05, 4.69) is 5.32 Å². The Labute approximate surface area is 136 Å². The van der Waals surface area contributed by atoms with Gasteiger partial charge in [-0.1, -0.05) is 0 Å². The SMILES string of the molecule is COc1ccc(C(C)=O)cc1CC(=O)Nc1ccc(F)c(F)c1F. The Morgan fingerprint density at radius 3 is 2.42 bits per heavy atom. The molecule has 0 aromatic heterocycles. The molecule has 2 aromatic carbocycles. The highest BCUT2D eigenvalue weighted by Gasteiger charge is 2.17. The molecule has 0 unspecified atom stereocenters. The van der Waals surface area contributed by atoms with Crippen molar-refractivity contribution in [2.24, 2.45) is 0 Å². The van der Waals surface area contributed by atoms with Crippen LogP contribution in [0.1, 0.15) is 22.8 Å². The number of hydrogen-bond acceptors (Lipinski definition) is 3. The molecule has 7 heteroatoms. The van der Waals surface area contributed by atoms with E-state index in [-0.39, 0.29) is 12.2 Å². The van der Waals surface area contributed by atoms with Crippen LogP contribution in [0.2, 0.25) is 0 Å². The van der Waals surface area contributed by atoms with E-state index in [9.17, 15) is 22.8 Å². The van der Waals surface area contributed by atoms with E-state index in [1.807, 2.05) is 0 Å². The number of Topliss-reactive ketones (excluding diaryl/α,β-unsaturated/α-hetero) is 1. The minimum absolute atomic E-state index is 0.189. The van der Waals surface area contributed by atoms with Crippen LogP contribution in [-0.4, -0.2) is 18.8 Å². The molecule has 1 N–H and O–H groups in total. The van der Waals surface area contributed by atoms with Gasteiger partial charge in [-0.05, 0) is 37.3 Å². The van der Waals surface area contributed by atoms with E-state index in [1.54, 1.807) is 6.07 Å². The van der Waals surface area contributed by atoms with Crippen molar-refractivity contribution in [1.29, 1.82) is 0 Å². The Hall–Kier alpha value is -2.83. The first-order chi connectivity index (χ1) is 11.3. The molecule has 126 valence electrons. The summed E-state index contributed by atoms with van der Waals surface area (Å²) in [6.07, 6.45) is -0.233. The second-order valence-electron chi connectivity index (χ2n) is 5.03. The zero-order chi connectivity index (χ0) is 17.9. The molecule has 1 amide bonds. The molecule has 24 heavy (non-hydrogen) atoms. The molecule has 2 aromatic rings. The third kappa shape index (κ3) is 3.73. The first-order valence-corrected chi connectivity index (χ1v) is 6.94. The Balaban J connectivity index is 2.22. The number of anilines is 1. The van der Waals surface area contributed by atoms with Crippen LogP contribution in [0, 0.1) is 17.5 Å². The first kappa shape index (κ1) is 17.5. The lowest BCUT2D eigenvalue weighted by Gasteiger charge is -2.11. The van der Waals surface area contributed by atoms with Gasteiger partial charge in [-0.3, -0.25) is 9.59 Å². The van der Waals surface area contributed by atoms with Gasteiger partial charge in [-0.2, -0.15) is 0 Å². The van der Waals surface area contributed by atoms with E-state index in [4.69, 9.17) is 4.74 Å². The van der Waals surface area contributed by atoms with Crippen molar-refractivity contribution in [3.8, 4) is 5.75 Å². The molecule has 2 rings (SSSR count). The number of methoxy groups -OCH3 is 1. The molecule has 0 fully saturated rings. The van der Waals surface area contributed by atoms with E-state index < -0.39 is 29.0 Å². The highest BCUT2D eigenvalue weighted by Crippen LogP contribution is 2.23. The Bertz CT molecular complexity index is 806. The van der Waals surface area contributed by atoms with Crippen LogP contribution in [0.4, 0.5) is 18.9 Å². The van der Waals surface area contributed by atoms with Crippen LogP contribution in [0.3, 0.4) is 0 Å². The maximum absolute atomic E-state index is 13.6. The third-order valence-corrected chi connectivity index (χ3v) is 3.35. The zero-order valence-corrected chi connectivity index (χ0v) is 13.0. The zero-order valence-electron chi connectivity index (χ0n) is 13.0. The van der Waals surface area contributed by atoms with E-state index in [0.717, 1.165) is 6.07 Å². The molecular weight excluding hydrogens is 323 g/mol. The first-order valence-electron chi connectivity index (χ1n) is 6.94. The maximum Gasteiger partial charge on any atom is 0.229 e. The highest BCUT2D eigenvalue weighted by atomic mass is 19.2. The van der Waals surface area contributed by atoms with Gasteiger partial charge < -0.3 is 10.1 Å². The summed E-state index contributed by atoms with van der Waals surface area (Å²) < 4.78 is 44.7. The van der Waals surface area contributed by atoms with Gasteiger partial charge in [0.25, 0.3) is 0 Å². The van der Waals surface area contributed by atoms with Gasteiger partial charge in [0.15, 0.2) is 23.2 Å². The molecule has 0 saturated carbocycles. The molecule has 4 nitrogen and oxygen atoms in total. The van der Waals surface area contributed by atoms with E-state index in [0.29, 0.717) is 22.9 Å². The Morgan fingerprint density at radius 2 is 1.79 bits per heavy atom. The molecule has 0 saturated heterocycles. The molecule has 0 heterocycles. The summed E-state index contributed by atoms with van der Waals surface area (Å²) in [4.78, 5) is 23.5. The lowest BCUT2D eigenvalue weighted by atomic mass is 10.0. The minimum Gasteiger partial charge on any atom is -0.496 e. The number of rotatable bonds is 5. The standard InChI is InChI=1S/C17H14F3NO3/c1-9(22)10-3-6-14(24-2)11(7-10)8-15(23)21-13-5-4-12(18)16(19)17(13)20/h3-7H,8H2,1-2H3,(H,21,23). The molecule has 0 radical (unpaired) electrons. The number of hydrogen-bond donors (Lipinski definition) is 1. The summed E-state index contributed by atoms with van der Waals surface area (Å²) in [5, 5.41) is 2.17. The number of ketones is 1. The smallest absolute Gasteiger partial charge is 0.229 e. The quantitative estimate of drug-likeness (QED) is 0.671. The van der Waals surface area contributed by atoms with Crippen LogP contribution in [0.5, 0.6) is 5.75 Å². The molecule has 0 aliphatic carbocycles. The topological polar surface area (TPSA) is 55.4 Å². The summed E-state index contributed by atoms with van der Waals surface area (Å²) in [6, 6.07) is 6.22. The fraction of sp³-hybridized carbons (Fsp3) is 0.176. The highest BCUT2D eigenvalue weighted by molar-refractivity contribution is 5.96. The van der Waals surface area contributed by atoms with Gasteiger partial charge >= 0.3 is 0 Å². The third-order valence-electron chi connectivity index (χ3n) is 3.35. The van der Waals surface area contributed by atoms with Crippen molar-refractivity contribution in [1.82, 2.24) is 0 Å². The number of benzene rings is 2. The lowest BCUT2D eigenvalue weighted by molar-refractivity contribution is -0.115. The van der Waals surface area contributed by atoms with Crippen LogP contribution >= 0.6 is 0 Å². The Morgan fingerprint density at radius 1 is 1.08 bits per heavy atom. The van der Waals surface area contributed by atoms with E-state index >= 15 is 0 Å². The number of ether oxygens (including phenoxy) is 1. The average Bonchev–Trinajstić information content (AvgIpc) is 2.55. The van der Waals surface area contributed by atoms with Crippen LogP contribution in [-0.2, 0) is 11.2 Å². The van der Waals surface area contributed by atoms with E-state index in [1.165, 1.54) is 26.2 Å². The number of nitrogens with one attached hydrogen (secondary N) is 1. The monoisotopic (exact) mass is 337 g/mol. The van der Waals surface area contributed by atoms with Crippen molar-refractivity contribution < 1.29 is 27.5 Å². The van der Waals surface area contributed by atoms with Crippen LogP contribution < -0.4 is 10.1 Å². The second-order valence-corrected chi connectivity index (χ2v) is 5.03. The van der Waals surface area contributed by atoms with Gasteiger partial charge in [-0.15, -0.1) is 0 Å². The van der Waals surface area contributed by atoms with Gasteiger partial charge in [0.2, 0.25) is 5.91 Å². The number of amides is 1. The van der Waals surface area contributed by atoms with Crippen molar-refractivity contribution in [2.75, 3.05) is 12.4 Å². The fourth-order valence-corrected chi connectivity index (χ4v) is 2.13. The lowest BCUT2D eigenvalue weighted by Crippen LogP contribution is -2.17. The predicted molar refractivity (Wildman–Crippen MR) is 81.6 cm³/mol. The van der Waals surface area contributed by atoms with Gasteiger partial charge in [-0.25, -0.2) is 13.2 Å². The van der Waals surface area contributed by atoms with Crippen molar-refractivity contribution in [3.05, 3.63) is 58.9 Å². The summed E-state index contributed by atoms with van der Waals surface area (Å²) in [6.45, 7) is 1.38. The molecular formula is C17H14F3NO3. The minimum atomic E-state index is -1.66. The number of carbonyl (C=O) groups is 2. The van der Waals surface area contributed by atoms with Crippen molar-refractivity contribution in [3.63, 3.8) is 0 Å². The van der Waals surface area contributed by atoms with Gasteiger partial charge in [0.05, 0.1) is 19.2 Å². The number of halogens is 3. The maximum atomic E-state index is 13.6. The molecule has 0 atom stereocenters. The summed E-state index contributed by atoms with van der Waals surface area (Å²) in [7, 11) is 1.40. The molecule has 0 aliphatic heterocycles. The largest absolute Gasteiger partial charge is 0.496 e. The predicted octanol–water partition coefficient (Wildman–Crippen LogP) is 3.50. The summed E-state index contributed by atoms with van der Waals surface area (Å²) in [5.41, 5.74) is 0.323. The van der Waals surface area contributed by atoms with Crippen LogP contribution in [0.25, 0.3) is 0 Å². The normalized spacial score (nSPS) is 10.4. The molecule has 0 aliphatic rings. The van der Waals surface area contributed by atoms with Crippen LogP contribution in [0.15, 0.2) is 30.3 Å². The fourth-order valence-electron chi connectivity index (χ4n) is 2.13. The summed E-state index contributed by atoms with van der Waals surface area (Å²) in [5.74, 6) is -4.97. The summed E-state index contributed by atoms with van der Waals surface area (Å²) >= 11 is 0. The second kappa shape index (κ2) is 7.16. The van der Waals surface area contributed by atoms with Crippen molar-refractivity contribution in [2.45, 2.75) is 13.3 Å². The Kier molecular flexibility index (Phi) is 5.23. The molecule has 0 spiro atoms.